The summed E-state index contributed by atoms with van der Waals surface area (Å²) in [5, 5.41) is 18.0. The molecule has 2 N–H and O–H groups in total. The van der Waals surface area contributed by atoms with Crippen molar-refractivity contribution in [3.05, 3.63) is 23.8 Å². The van der Waals surface area contributed by atoms with Crippen LogP contribution >= 0.6 is 0 Å². The molecule has 1 saturated heterocycles. The molecule has 24 heavy (non-hydrogen) atoms. The van der Waals surface area contributed by atoms with Gasteiger partial charge >= 0.3 is 11.9 Å². The second kappa shape index (κ2) is 7.16. The van der Waals surface area contributed by atoms with Crippen LogP contribution in [0, 0.1) is 0 Å². The van der Waals surface area contributed by atoms with E-state index in [1.807, 2.05) is 0 Å². The fourth-order valence-electron chi connectivity index (χ4n) is 2.46. The summed E-state index contributed by atoms with van der Waals surface area (Å²) >= 11 is 0. The second-order valence-electron chi connectivity index (χ2n) is 5.11. The molecule has 1 atom stereocenters. The van der Waals surface area contributed by atoms with E-state index in [0.717, 1.165) is 10.4 Å². The van der Waals surface area contributed by atoms with Gasteiger partial charge in [-0.15, -0.1) is 0 Å². The van der Waals surface area contributed by atoms with Gasteiger partial charge in [0.1, 0.15) is 10.6 Å². The molecule has 0 saturated carbocycles. The highest BCUT2D eigenvalue weighted by atomic mass is 32.2. The lowest BCUT2D eigenvalue weighted by Gasteiger charge is -2.34. The van der Waals surface area contributed by atoms with Gasteiger partial charge in [0.2, 0.25) is 10.0 Å². The second-order valence-corrected chi connectivity index (χ2v) is 6.97. The Hall–Kier alpha value is -2.17. The monoisotopic (exact) mass is 359 g/mol. The van der Waals surface area contributed by atoms with Gasteiger partial charge in [0.05, 0.1) is 38.3 Å². The molecule has 2 rings (SSSR count). The average molecular weight is 359 g/mol. The fraction of sp³-hybridized carbons (Fsp3) is 0.429. The molecule has 0 aromatic heterocycles. The van der Waals surface area contributed by atoms with Crippen LogP contribution in [0.15, 0.2) is 23.1 Å². The molecule has 132 valence electrons. The molecule has 0 amide bonds. The molecule has 1 unspecified atom stereocenters. The molecule has 0 radical (unpaired) electrons. The number of hydrogen-bond acceptors (Lipinski definition) is 6. The third-order valence-corrected chi connectivity index (χ3v) is 5.55. The number of carbonyl (C=O) groups is 2. The molecule has 1 aliphatic heterocycles. The number of ether oxygens (including phenoxy) is 2. The summed E-state index contributed by atoms with van der Waals surface area (Å²) in [5.74, 6) is -2.45. The molecule has 10 heteroatoms. The van der Waals surface area contributed by atoms with E-state index < -0.39 is 34.4 Å². The van der Waals surface area contributed by atoms with Gasteiger partial charge in [0, 0.05) is 6.54 Å². The number of carboxylic acid groups (broad SMARTS) is 2. The SMILES string of the molecule is COc1ccc(C(=O)O)cc1S(=O)(=O)N1CCOCC1CC(=O)O. The van der Waals surface area contributed by atoms with Crippen LogP contribution in [-0.4, -0.2) is 67.8 Å². The standard InChI is InChI=1S/C14H17NO8S/c1-22-11-3-2-9(14(18)19)6-12(11)24(20,21)15-4-5-23-8-10(15)7-13(16)17/h2-3,6,10H,4-5,7-8H2,1H3,(H,16,17)(H,18,19). The van der Waals surface area contributed by atoms with Crippen molar-refractivity contribution in [2.45, 2.75) is 17.4 Å². The Bertz CT molecular complexity index is 745. The zero-order chi connectivity index (χ0) is 17.9. The van der Waals surface area contributed by atoms with Crippen molar-refractivity contribution in [3.63, 3.8) is 0 Å². The number of rotatable bonds is 6. The predicted octanol–water partition coefficient (Wildman–Crippen LogP) is 0.258. The van der Waals surface area contributed by atoms with Crippen LogP contribution in [0.3, 0.4) is 0 Å². The quantitative estimate of drug-likeness (QED) is 0.739. The molecule has 1 fully saturated rings. The lowest BCUT2D eigenvalue weighted by atomic mass is 10.2. The number of aliphatic carboxylic acids is 1. The van der Waals surface area contributed by atoms with Crippen molar-refractivity contribution < 1.29 is 37.7 Å². The highest BCUT2D eigenvalue weighted by Gasteiger charge is 2.37. The van der Waals surface area contributed by atoms with Gasteiger partial charge in [0.25, 0.3) is 0 Å². The van der Waals surface area contributed by atoms with E-state index >= 15 is 0 Å². The van der Waals surface area contributed by atoms with Gasteiger partial charge in [-0.2, -0.15) is 4.31 Å². The first kappa shape index (κ1) is 18.2. The zero-order valence-electron chi connectivity index (χ0n) is 12.8. The van der Waals surface area contributed by atoms with Crippen molar-refractivity contribution >= 4 is 22.0 Å². The van der Waals surface area contributed by atoms with E-state index in [4.69, 9.17) is 19.7 Å². The number of methoxy groups -OCH3 is 1. The normalized spacial score (nSPS) is 19.0. The summed E-state index contributed by atoms with van der Waals surface area (Å²) in [6.07, 6.45) is -0.417. The minimum absolute atomic E-state index is 0.0134. The molecule has 9 nitrogen and oxygen atoms in total. The van der Waals surface area contributed by atoms with Crippen LogP contribution in [0.5, 0.6) is 5.75 Å². The molecular weight excluding hydrogens is 342 g/mol. The molecule has 1 aromatic carbocycles. The first-order chi connectivity index (χ1) is 11.3. The Morgan fingerprint density at radius 2 is 2.08 bits per heavy atom. The molecule has 1 aromatic rings. The lowest BCUT2D eigenvalue weighted by molar-refractivity contribution is -0.139. The lowest BCUT2D eigenvalue weighted by Crippen LogP contribution is -2.49. The third kappa shape index (κ3) is 3.66. The topological polar surface area (TPSA) is 130 Å². The highest BCUT2D eigenvalue weighted by molar-refractivity contribution is 7.89. The number of nitrogens with zero attached hydrogens (tertiary/aromatic N) is 1. The maximum atomic E-state index is 12.9. The summed E-state index contributed by atoms with van der Waals surface area (Å²) in [4.78, 5) is 21.8. The summed E-state index contributed by atoms with van der Waals surface area (Å²) in [6.45, 7) is 0.0451. The summed E-state index contributed by atoms with van der Waals surface area (Å²) in [7, 11) is -2.89. The first-order valence-corrected chi connectivity index (χ1v) is 8.44. The van der Waals surface area contributed by atoms with Gasteiger partial charge in [-0.3, -0.25) is 4.79 Å². The molecular formula is C14H17NO8S. The Kier molecular flexibility index (Phi) is 5.42. The number of hydrogen-bond donors (Lipinski definition) is 2. The molecule has 0 spiro atoms. The van der Waals surface area contributed by atoms with Crippen LogP contribution in [0.1, 0.15) is 16.8 Å². The molecule has 0 bridgehead atoms. The van der Waals surface area contributed by atoms with Crippen molar-refractivity contribution in [2.75, 3.05) is 26.9 Å². The van der Waals surface area contributed by atoms with Crippen LogP contribution in [-0.2, 0) is 19.6 Å². The predicted molar refractivity (Wildman–Crippen MR) is 80.7 cm³/mol. The highest BCUT2D eigenvalue weighted by Crippen LogP contribution is 2.30. The summed E-state index contributed by atoms with van der Waals surface area (Å²) in [5.41, 5.74) is -0.211. The molecule has 0 aliphatic carbocycles. The van der Waals surface area contributed by atoms with Crippen molar-refractivity contribution in [2.24, 2.45) is 0 Å². The Labute approximate surface area is 138 Å². The van der Waals surface area contributed by atoms with Gasteiger partial charge < -0.3 is 19.7 Å². The van der Waals surface area contributed by atoms with Crippen LogP contribution < -0.4 is 4.74 Å². The van der Waals surface area contributed by atoms with Crippen molar-refractivity contribution in [1.82, 2.24) is 4.31 Å². The zero-order valence-corrected chi connectivity index (χ0v) is 13.7. The third-order valence-electron chi connectivity index (χ3n) is 3.58. The maximum Gasteiger partial charge on any atom is 0.335 e. The number of sulfonamides is 1. The largest absolute Gasteiger partial charge is 0.495 e. The van der Waals surface area contributed by atoms with E-state index in [0.29, 0.717) is 0 Å². The van der Waals surface area contributed by atoms with Gasteiger partial charge in [0.15, 0.2) is 0 Å². The van der Waals surface area contributed by atoms with E-state index in [2.05, 4.69) is 0 Å². The van der Waals surface area contributed by atoms with Gasteiger partial charge in [-0.05, 0) is 18.2 Å². The summed E-state index contributed by atoms with van der Waals surface area (Å²) in [6, 6.07) is 2.61. The minimum Gasteiger partial charge on any atom is -0.495 e. The van der Waals surface area contributed by atoms with E-state index in [1.165, 1.54) is 19.2 Å². The number of morpholine rings is 1. The fourth-order valence-corrected chi connectivity index (χ4v) is 4.23. The van der Waals surface area contributed by atoms with Crippen molar-refractivity contribution in [3.8, 4) is 5.75 Å². The Balaban J connectivity index is 2.49. The van der Waals surface area contributed by atoms with Gasteiger partial charge in [-0.1, -0.05) is 0 Å². The summed E-state index contributed by atoms with van der Waals surface area (Å²) < 4.78 is 37.1. The van der Waals surface area contributed by atoms with Crippen LogP contribution in [0.4, 0.5) is 0 Å². The number of carboxylic acids is 2. The van der Waals surface area contributed by atoms with E-state index in [9.17, 15) is 18.0 Å². The van der Waals surface area contributed by atoms with E-state index in [1.54, 1.807) is 0 Å². The average Bonchev–Trinajstić information content (AvgIpc) is 2.54. The number of aromatic carboxylic acids is 1. The minimum atomic E-state index is -4.15. The van der Waals surface area contributed by atoms with Crippen molar-refractivity contribution in [1.29, 1.82) is 0 Å². The Morgan fingerprint density at radius 1 is 1.38 bits per heavy atom. The Morgan fingerprint density at radius 3 is 2.67 bits per heavy atom. The number of benzene rings is 1. The van der Waals surface area contributed by atoms with Crippen LogP contribution in [0.2, 0.25) is 0 Å². The molecule has 1 aliphatic rings. The first-order valence-electron chi connectivity index (χ1n) is 7.00. The van der Waals surface area contributed by atoms with E-state index in [-0.39, 0.29) is 36.0 Å². The van der Waals surface area contributed by atoms with Gasteiger partial charge in [-0.25, -0.2) is 13.2 Å². The molecule has 1 heterocycles. The van der Waals surface area contributed by atoms with Crippen LogP contribution in [0.25, 0.3) is 0 Å². The smallest absolute Gasteiger partial charge is 0.335 e. The maximum absolute atomic E-state index is 12.9.